The molecular formula is C8H6F4S2. The van der Waals surface area contributed by atoms with Crippen LogP contribution in [0.3, 0.4) is 0 Å². The summed E-state index contributed by atoms with van der Waals surface area (Å²) in [5.41, 5.74) is 0. The molecule has 0 saturated heterocycles. The molecule has 0 spiro atoms. The van der Waals surface area contributed by atoms with Crippen LogP contribution in [0.25, 0.3) is 0 Å². The molecule has 0 fully saturated rings. The van der Waals surface area contributed by atoms with Crippen LogP contribution in [0.4, 0.5) is 17.6 Å². The van der Waals surface area contributed by atoms with Gasteiger partial charge in [-0.25, -0.2) is 17.6 Å². The lowest BCUT2D eigenvalue weighted by molar-refractivity contribution is 0.401. The Bertz CT molecular complexity index is 336. The smallest absolute Gasteiger partial charge is 0.176 e. The maximum absolute atomic E-state index is 13.0. The van der Waals surface area contributed by atoms with E-state index < -0.39 is 33.1 Å². The highest BCUT2D eigenvalue weighted by Crippen LogP contribution is 2.32. The highest BCUT2D eigenvalue weighted by molar-refractivity contribution is 7.99. The van der Waals surface area contributed by atoms with Gasteiger partial charge in [-0.05, 0) is 5.75 Å². The van der Waals surface area contributed by atoms with Crippen molar-refractivity contribution in [2.45, 2.75) is 16.7 Å². The molecule has 0 aliphatic heterocycles. The van der Waals surface area contributed by atoms with Gasteiger partial charge in [-0.1, -0.05) is 6.92 Å². The lowest BCUT2D eigenvalue weighted by Gasteiger charge is -2.07. The zero-order chi connectivity index (χ0) is 10.9. The molecule has 0 amide bonds. The van der Waals surface area contributed by atoms with Gasteiger partial charge in [0.1, 0.15) is 0 Å². The molecule has 0 heterocycles. The van der Waals surface area contributed by atoms with E-state index in [-0.39, 0.29) is 0 Å². The van der Waals surface area contributed by atoms with Gasteiger partial charge < -0.3 is 0 Å². The van der Waals surface area contributed by atoms with Gasteiger partial charge in [0, 0.05) is 0 Å². The van der Waals surface area contributed by atoms with Crippen LogP contribution in [0, 0.1) is 23.3 Å². The second-order valence-corrected chi connectivity index (χ2v) is 4.09. The molecule has 0 aliphatic rings. The van der Waals surface area contributed by atoms with E-state index in [0.29, 0.717) is 17.5 Å². The molecule has 6 heteroatoms. The number of rotatable bonds is 2. The summed E-state index contributed by atoms with van der Waals surface area (Å²) >= 11 is 4.03. The molecule has 0 bridgehead atoms. The van der Waals surface area contributed by atoms with Gasteiger partial charge in [-0.15, -0.1) is 24.4 Å². The Morgan fingerprint density at radius 2 is 1.43 bits per heavy atom. The van der Waals surface area contributed by atoms with Crippen LogP contribution in [0.15, 0.2) is 9.79 Å². The van der Waals surface area contributed by atoms with Crippen molar-refractivity contribution in [3.8, 4) is 0 Å². The lowest BCUT2D eigenvalue weighted by atomic mass is 10.3. The van der Waals surface area contributed by atoms with Crippen LogP contribution in [0.5, 0.6) is 0 Å². The fraction of sp³-hybridized carbons (Fsp3) is 0.250. The summed E-state index contributed by atoms with van der Waals surface area (Å²) in [6, 6.07) is 0. The Morgan fingerprint density at radius 1 is 1.00 bits per heavy atom. The number of benzene rings is 1. The van der Waals surface area contributed by atoms with Crippen molar-refractivity contribution in [3.63, 3.8) is 0 Å². The fourth-order valence-electron chi connectivity index (χ4n) is 0.871. The second kappa shape index (κ2) is 4.44. The molecule has 14 heavy (non-hydrogen) atoms. The number of thioether (sulfide) groups is 1. The van der Waals surface area contributed by atoms with Crippen molar-refractivity contribution in [2.24, 2.45) is 0 Å². The SMILES string of the molecule is CCSc1c(F)c(F)c(S)c(F)c1F. The van der Waals surface area contributed by atoms with E-state index in [9.17, 15) is 17.6 Å². The first-order chi connectivity index (χ1) is 6.50. The lowest BCUT2D eigenvalue weighted by Crippen LogP contribution is -2.00. The third-order valence-corrected chi connectivity index (χ3v) is 2.82. The van der Waals surface area contributed by atoms with Crippen molar-refractivity contribution in [3.05, 3.63) is 23.3 Å². The predicted octanol–water partition coefficient (Wildman–Crippen LogP) is 3.64. The summed E-state index contributed by atoms with van der Waals surface area (Å²) in [7, 11) is 0. The molecule has 1 aromatic rings. The van der Waals surface area contributed by atoms with Gasteiger partial charge in [0.05, 0.1) is 9.79 Å². The van der Waals surface area contributed by atoms with Crippen LogP contribution >= 0.6 is 24.4 Å². The highest BCUT2D eigenvalue weighted by Gasteiger charge is 2.23. The van der Waals surface area contributed by atoms with Crippen LogP contribution in [-0.2, 0) is 0 Å². The molecular weight excluding hydrogens is 236 g/mol. The first kappa shape index (κ1) is 11.7. The van der Waals surface area contributed by atoms with Crippen LogP contribution < -0.4 is 0 Å². The monoisotopic (exact) mass is 242 g/mol. The third-order valence-electron chi connectivity index (χ3n) is 1.49. The summed E-state index contributed by atoms with van der Waals surface area (Å²) < 4.78 is 51.8. The molecule has 0 atom stereocenters. The van der Waals surface area contributed by atoms with Gasteiger partial charge in [0.25, 0.3) is 0 Å². The molecule has 78 valence electrons. The summed E-state index contributed by atoms with van der Waals surface area (Å²) in [6.45, 7) is 1.62. The summed E-state index contributed by atoms with van der Waals surface area (Å²) in [4.78, 5) is -1.57. The number of halogens is 4. The zero-order valence-electron chi connectivity index (χ0n) is 7.07. The number of hydrogen-bond donors (Lipinski definition) is 1. The van der Waals surface area contributed by atoms with Gasteiger partial charge in [-0.2, -0.15) is 0 Å². The Kier molecular flexibility index (Phi) is 3.71. The van der Waals surface area contributed by atoms with E-state index in [2.05, 4.69) is 12.6 Å². The molecule has 0 radical (unpaired) electrons. The quantitative estimate of drug-likeness (QED) is 0.357. The van der Waals surface area contributed by atoms with Crippen molar-refractivity contribution in [1.29, 1.82) is 0 Å². The maximum atomic E-state index is 13.0. The van der Waals surface area contributed by atoms with Gasteiger partial charge in [0.15, 0.2) is 23.3 Å². The van der Waals surface area contributed by atoms with E-state index in [0.717, 1.165) is 0 Å². The first-order valence-electron chi connectivity index (χ1n) is 3.68. The van der Waals surface area contributed by atoms with Crippen LogP contribution in [-0.4, -0.2) is 5.75 Å². The Morgan fingerprint density at radius 3 is 1.79 bits per heavy atom. The molecule has 1 rings (SSSR count). The topological polar surface area (TPSA) is 0 Å². The minimum Gasteiger partial charge on any atom is -0.202 e. The predicted molar refractivity (Wildman–Crippen MR) is 49.9 cm³/mol. The average molecular weight is 242 g/mol. The maximum Gasteiger partial charge on any atom is 0.176 e. The average Bonchev–Trinajstić information content (AvgIpc) is 2.19. The van der Waals surface area contributed by atoms with Crippen molar-refractivity contribution in [2.75, 3.05) is 5.75 Å². The van der Waals surface area contributed by atoms with Crippen LogP contribution in [0.1, 0.15) is 6.92 Å². The third kappa shape index (κ3) is 1.86. The summed E-state index contributed by atoms with van der Waals surface area (Å²) in [5.74, 6) is -5.37. The number of hydrogen-bond acceptors (Lipinski definition) is 2. The Hall–Kier alpha value is -0.360. The molecule has 0 N–H and O–H groups in total. The van der Waals surface area contributed by atoms with E-state index in [1.165, 1.54) is 0 Å². The van der Waals surface area contributed by atoms with Crippen LogP contribution in [0.2, 0.25) is 0 Å². The molecule has 0 nitrogen and oxygen atoms in total. The Labute approximate surface area is 88.1 Å². The normalized spacial score (nSPS) is 10.7. The van der Waals surface area contributed by atoms with Crippen molar-refractivity contribution < 1.29 is 17.6 Å². The Balaban J connectivity index is 3.43. The van der Waals surface area contributed by atoms with E-state index in [1.54, 1.807) is 6.92 Å². The van der Waals surface area contributed by atoms with E-state index in [4.69, 9.17) is 0 Å². The molecule has 0 aromatic heterocycles. The van der Waals surface area contributed by atoms with E-state index >= 15 is 0 Å². The van der Waals surface area contributed by atoms with Gasteiger partial charge >= 0.3 is 0 Å². The summed E-state index contributed by atoms with van der Waals surface area (Å²) in [5, 5.41) is 0. The molecule has 0 aliphatic carbocycles. The zero-order valence-corrected chi connectivity index (χ0v) is 8.79. The first-order valence-corrected chi connectivity index (χ1v) is 5.11. The molecule has 0 saturated carbocycles. The minimum atomic E-state index is -1.46. The fourth-order valence-corrected chi connectivity index (χ4v) is 1.79. The number of thiol groups is 1. The van der Waals surface area contributed by atoms with E-state index in [1.807, 2.05) is 0 Å². The largest absolute Gasteiger partial charge is 0.202 e. The standard InChI is InChI=1S/C8H6F4S2/c1-2-14-8-5(11)3(9)7(13)4(10)6(8)12/h13H,2H2,1H3. The highest BCUT2D eigenvalue weighted by atomic mass is 32.2. The van der Waals surface area contributed by atoms with Gasteiger partial charge in [-0.3, -0.25) is 0 Å². The van der Waals surface area contributed by atoms with Gasteiger partial charge in [0.2, 0.25) is 0 Å². The minimum absolute atomic E-state index is 0.318. The molecule has 0 unspecified atom stereocenters. The van der Waals surface area contributed by atoms with Crippen molar-refractivity contribution in [1.82, 2.24) is 0 Å². The second-order valence-electron chi connectivity index (χ2n) is 2.37. The summed E-state index contributed by atoms with van der Waals surface area (Å²) in [6.07, 6.45) is 0. The van der Waals surface area contributed by atoms with Crippen molar-refractivity contribution >= 4 is 24.4 Å². The molecule has 1 aromatic carbocycles.